The highest BCUT2D eigenvalue weighted by Crippen LogP contribution is 2.31. The van der Waals surface area contributed by atoms with E-state index in [2.05, 4.69) is 37.3 Å². The first-order chi connectivity index (χ1) is 10.8. The van der Waals surface area contributed by atoms with Crippen LogP contribution in [0, 0.1) is 6.92 Å². The highest BCUT2D eigenvalue weighted by molar-refractivity contribution is 5.42. The lowest BCUT2D eigenvalue weighted by molar-refractivity contribution is 0.137. The monoisotopic (exact) mass is 297 g/mol. The van der Waals surface area contributed by atoms with Gasteiger partial charge in [0.25, 0.3) is 0 Å². The quantitative estimate of drug-likeness (QED) is 0.940. The van der Waals surface area contributed by atoms with E-state index in [9.17, 15) is 0 Å². The van der Waals surface area contributed by atoms with Gasteiger partial charge in [-0.15, -0.1) is 0 Å². The molecule has 1 saturated heterocycles. The Morgan fingerprint density at radius 2 is 2.14 bits per heavy atom. The molecular formula is C17H23N5. The summed E-state index contributed by atoms with van der Waals surface area (Å²) in [5, 5.41) is 3.19. The second kappa shape index (κ2) is 6.83. The van der Waals surface area contributed by atoms with Crippen molar-refractivity contribution in [3.05, 3.63) is 47.7 Å². The molecule has 1 N–H and O–H groups in total. The van der Waals surface area contributed by atoms with E-state index in [-0.39, 0.29) is 0 Å². The number of hydrogen-bond acceptors (Lipinski definition) is 5. The van der Waals surface area contributed by atoms with Crippen molar-refractivity contribution in [1.82, 2.24) is 19.9 Å². The number of aryl methyl sites for hydroxylation is 1. The third-order valence-electron chi connectivity index (χ3n) is 4.25. The average molecular weight is 297 g/mol. The Bertz CT molecular complexity index is 628. The maximum Gasteiger partial charge on any atom is 0.130 e. The molecule has 1 aliphatic heterocycles. The molecule has 2 aromatic rings. The van der Waals surface area contributed by atoms with Crippen LogP contribution < -0.4 is 5.32 Å². The number of nitrogens with one attached hydrogen (secondary N) is 1. The molecule has 5 heteroatoms. The number of hydrogen-bond donors (Lipinski definition) is 1. The van der Waals surface area contributed by atoms with Gasteiger partial charge in [-0.1, -0.05) is 12.5 Å². The van der Waals surface area contributed by atoms with Gasteiger partial charge in [0.15, 0.2) is 0 Å². The summed E-state index contributed by atoms with van der Waals surface area (Å²) >= 11 is 0. The van der Waals surface area contributed by atoms with Crippen LogP contribution in [0.1, 0.15) is 42.4 Å². The molecule has 1 aliphatic rings. The summed E-state index contributed by atoms with van der Waals surface area (Å²) in [5.74, 6) is 1.81. The van der Waals surface area contributed by atoms with E-state index in [1.165, 1.54) is 18.4 Å². The topological polar surface area (TPSA) is 53.9 Å². The van der Waals surface area contributed by atoms with Crippen LogP contribution in [0.3, 0.4) is 0 Å². The van der Waals surface area contributed by atoms with Crippen molar-refractivity contribution >= 4 is 5.82 Å². The van der Waals surface area contributed by atoms with E-state index in [0.29, 0.717) is 6.04 Å². The highest BCUT2D eigenvalue weighted by atomic mass is 15.2. The van der Waals surface area contributed by atoms with Gasteiger partial charge in [0.05, 0.1) is 11.7 Å². The Labute approximate surface area is 131 Å². The van der Waals surface area contributed by atoms with E-state index in [1.807, 2.05) is 32.4 Å². The largest absolute Gasteiger partial charge is 0.373 e. The number of anilines is 1. The molecule has 0 bridgehead atoms. The zero-order chi connectivity index (χ0) is 15.4. The molecule has 2 aromatic heterocycles. The third kappa shape index (κ3) is 3.25. The standard InChI is InChI=1S/C17H23N5/c1-13-19-10-8-15(21-13)16-7-3-4-11-22(16)12-14-6-5-9-20-17(14)18-2/h5-6,8-10,16H,3-4,7,11-12H2,1-2H3,(H,18,20). The van der Waals surface area contributed by atoms with E-state index in [1.54, 1.807) is 0 Å². The van der Waals surface area contributed by atoms with Gasteiger partial charge in [0.1, 0.15) is 11.6 Å². The lowest BCUT2D eigenvalue weighted by Gasteiger charge is -2.35. The van der Waals surface area contributed by atoms with Gasteiger partial charge in [-0.25, -0.2) is 15.0 Å². The van der Waals surface area contributed by atoms with Gasteiger partial charge in [-0.05, 0) is 38.4 Å². The summed E-state index contributed by atoms with van der Waals surface area (Å²) in [5.41, 5.74) is 2.38. The maximum absolute atomic E-state index is 4.65. The van der Waals surface area contributed by atoms with E-state index in [4.69, 9.17) is 0 Å². The van der Waals surface area contributed by atoms with Crippen molar-refractivity contribution in [3.63, 3.8) is 0 Å². The zero-order valence-electron chi connectivity index (χ0n) is 13.3. The minimum absolute atomic E-state index is 0.375. The van der Waals surface area contributed by atoms with Crippen LogP contribution in [-0.4, -0.2) is 33.4 Å². The summed E-state index contributed by atoms with van der Waals surface area (Å²) in [6.07, 6.45) is 7.36. The van der Waals surface area contributed by atoms with Crippen LogP contribution >= 0.6 is 0 Å². The molecule has 3 rings (SSSR count). The SMILES string of the molecule is CNc1ncccc1CN1CCCCC1c1ccnc(C)n1. The fraction of sp³-hybridized carbons (Fsp3) is 0.471. The molecular weight excluding hydrogens is 274 g/mol. The molecule has 116 valence electrons. The number of pyridine rings is 1. The maximum atomic E-state index is 4.65. The van der Waals surface area contributed by atoms with Crippen LogP contribution in [0.4, 0.5) is 5.82 Å². The van der Waals surface area contributed by atoms with Crippen LogP contribution in [-0.2, 0) is 6.54 Å². The first-order valence-electron chi connectivity index (χ1n) is 7.93. The van der Waals surface area contributed by atoms with Crippen molar-refractivity contribution in [3.8, 4) is 0 Å². The van der Waals surface area contributed by atoms with Gasteiger partial charge in [-0.2, -0.15) is 0 Å². The predicted molar refractivity (Wildman–Crippen MR) is 87.6 cm³/mol. The molecule has 5 nitrogen and oxygen atoms in total. The number of likely N-dealkylation sites (tertiary alicyclic amines) is 1. The fourth-order valence-corrected chi connectivity index (χ4v) is 3.19. The average Bonchev–Trinajstić information content (AvgIpc) is 2.56. The lowest BCUT2D eigenvalue weighted by atomic mass is 9.98. The second-order valence-electron chi connectivity index (χ2n) is 5.77. The minimum Gasteiger partial charge on any atom is -0.373 e. The van der Waals surface area contributed by atoms with Crippen molar-refractivity contribution in [1.29, 1.82) is 0 Å². The summed E-state index contributed by atoms with van der Waals surface area (Å²) in [6, 6.07) is 6.58. The number of nitrogens with zero attached hydrogens (tertiary/aromatic N) is 4. The Morgan fingerprint density at radius 1 is 1.23 bits per heavy atom. The second-order valence-corrected chi connectivity index (χ2v) is 5.77. The smallest absolute Gasteiger partial charge is 0.130 e. The van der Waals surface area contributed by atoms with Crippen molar-refractivity contribution < 1.29 is 0 Å². The molecule has 0 amide bonds. The Morgan fingerprint density at radius 3 is 2.95 bits per heavy atom. The number of aromatic nitrogens is 3. The van der Waals surface area contributed by atoms with E-state index in [0.717, 1.165) is 36.8 Å². The molecule has 22 heavy (non-hydrogen) atoms. The molecule has 0 aliphatic carbocycles. The number of rotatable bonds is 4. The van der Waals surface area contributed by atoms with Gasteiger partial charge >= 0.3 is 0 Å². The van der Waals surface area contributed by atoms with Gasteiger partial charge < -0.3 is 5.32 Å². The molecule has 1 atom stereocenters. The summed E-state index contributed by atoms with van der Waals surface area (Å²) in [4.78, 5) is 15.8. The molecule has 3 heterocycles. The van der Waals surface area contributed by atoms with Crippen LogP contribution in [0.2, 0.25) is 0 Å². The van der Waals surface area contributed by atoms with Crippen LogP contribution in [0.5, 0.6) is 0 Å². The minimum atomic E-state index is 0.375. The van der Waals surface area contributed by atoms with E-state index >= 15 is 0 Å². The predicted octanol–water partition coefficient (Wildman–Crippen LogP) is 2.95. The normalized spacial score (nSPS) is 19.1. The van der Waals surface area contributed by atoms with Gasteiger partial charge in [0, 0.05) is 31.5 Å². The van der Waals surface area contributed by atoms with Gasteiger partial charge in [-0.3, -0.25) is 4.90 Å². The molecule has 1 fully saturated rings. The Balaban J connectivity index is 1.84. The lowest BCUT2D eigenvalue weighted by Crippen LogP contribution is -2.33. The molecule has 1 unspecified atom stereocenters. The van der Waals surface area contributed by atoms with Crippen molar-refractivity contribution in [2.75, 3.05) is 18.9 Å². The van der Waals surface area contributed by atoms with Crippen LogP contribution in [0.25, 0.3) is 0 Å². The van der Waals surface area contributed by atoms with Gasteiger partial charge in [0.2, 0.25) is 0 Å². The highest BCUT2D eigenvalue weighted by Gasteiger charge is 2.25. The molecule has 0 spiro atoms. The Hall–Kier alpha value is -2.01. The summed E-state index contributed by atoms with van der Waals surface area (Å²) in [7, 11) is 1.92. The fourth-order valence-electron chi connectivity index (χ4n) is 3.19. The summed E-state index contributed by atoms with van der Waals surface area (Å²) < 4.78 is 0. The zero-order valence-corrected chi connectivity index (χ0v) is 13.3. The third-order valence-corrected chi connectivity index (χ3v) is 4.25. The Kier molecular flexibility index (Phi) is 4.63. The van der Waals surface area contributed by atoms with Crippen molar-refractivity contribution in [2.24, 2.45) is 0 Å². The molecule has 0 aromatic carbocycles. The summed E-state index contributed by atoms with van der Waals surface area (Å²) in [6.45, 7) is 3.96. The molecule has 0 radical (unpaired) electrons. The van der Waals surface area contributed by atoms with Crippen molar-refractivity contribution in [2.45, 2.75) is 38.8 Å². The molecule has 0 saturated carbocycles. The van der Waals surface area contributed by atoms with Crippen LogP contribution in [0.15, 0.2) is 30.6 Å². The first-order valence-corrected chi connectivity index (χ1v) is 7.93. The van der Waals surface area contributed by atoms with E-state index < -0.39 is 0 Å². The first kappa shape index (κ1) is 14.9. The number of piperidine rings is 1.